The molecule has 2 aromatic heterocycles. The quantitative estimate of drug-likeness (QED) is 0.700. The van der Waals surface area contributed by atoms with E-state index in [1.54, 1.807) is 13.0 Å². The lowest BCUT2D eigenvalue weighted by molar-refractivity contribution is -0.122. The molecule has 0 aliphatic rings. The zero-order chi connectivity index (χ0) is 18.7. The minimum Gasteiger partial charge on any atom is -0.354 e. The molecule has 3 rings (SSSR count). The van der Waals surface area contributed by atoms with Gasteiger partial charge in [0.1, 0.15) is 6.04 Å². The van der Waals surface area contributed by atoms with Crippen molar-refractivity contribution in [1.82, 2.24) is 20.2 Å². The lowest BCUT2D eigenvalue weighted by Gasteiger charge is -2.15. The molecule has 0 spiro atoms. The lowest BCUT2D eigenvalue weighted by atomic mass is 10.2. The number of aromatic nitrogens is 2. The number of hydrogen-bond donors (Lipinski definition) is 2. The van der Waals surface area contributed by atoms with E-state index in [9.17, 15) is 9.59 Å². The molecule has 3 aromatic rings. The molecule has 0 aliphatic carbocycles. The standard InChI is InChI=1S/C19H22N4O2S/c1-12(2)11-20-17(24)13(3)21-18(25)14-6-7-15-16(10-14)26-19(22-15)23-8-4-5-9-23/h4-10,12-13H,11H2,1-3H3,(H,20,24)(H,21,25)/t13-/m1/s1. The van der Waals surface area contributed by atoms with Crippen LogP contribution in [0.2, 0.25) is 0 Å². The van der Waals surface area contributed by atoms with Gasteiger partial charge in [-0.15, -0.1) is 0 Å². The van der Waals surface area contributed by atoms with Crippen molar-refractivity contribution in [2.45, 2.75) is 26.8 Å². The number of rotatable bonds is 6. The number of nitrogens with zero attached hydrogens (tertiary/aromatic N) is 2. The Morgan fingerprint density at radius 2 is 1.92 bits per heavy atom. The first-order valence-electron chi connectivity index (χ1n) is 8.56. The minimum atomic E-state index is -0.589. The molecule has 0 unspecified atom stereocenters. The fourth-order valence-corrected chi connectivity index (χ4v) is 3.40. The zero-order valence-electron chi connectivity index (χ0n) is 15.0. The highest BCUT2D eigenvalue weighted by molar-refractivity contribution is 7.20. The van der Waals surface area contributed by atoms with Gasteiger partial charge in [-0.05, 0) is 43.2 Å². The van der Waals surface area contributed by atoms with E-state index >= 15 is 0 Å². The van der Waals surface area contributed by atoms with E-state index in [4.69, 9.17) is 0 Å². The third-order valence-electron chi connectivity index (χ3n) is 3.89. The molecule has 7 heteroatoms. The summed E-state index contributed by atoms with van der Waals surface area (Å²) in [5.74, 6) is -0.0825. The summed E-state index contributed by atoms with van der Waals surface area (Å²) in [7, 11) is 0. The molecule has 2 heterocycles. The predicted molar refractivity (Wildman–Crippen MR) is 104 cm³/mol. The van der Waals surface area contributed by atoms with Crippen molar-refractivity contribution >= 4 is 33.4 Å². The molecule has 0 bridgehead atoms. The average molecular weight is 370 g/mol. The van der Waals surface area contributed by atoms with Crippen molar-refractivity contribution in [3.8, 4) is 5.13 Å². The number of hydrogen-bond acceptors (Lipinski definition) is 4. The highest BCUT2D eigenvalue weighted by atomic mass is 32.1. The zero-order valence-corrected chi connectivity index (χ0v) is 15.8. The van der Waals surface area contributed by atoms with Crippen LogP contribution in [0.5, 0.6) is 0 Å². The summed E-state index contributed by atoms with van der Waals surface area (Å²) >= 11 is 1.52. The molecule has 1 atom stereocenters. The summed E-state index contributed by atoms with van der Waals surface area (Å²) in [6.45, 7) is 6.32. The fraction of sp³-hybridized carbons (Fsp3) is 0.316. The van der Waals surface area contributed by atoms with Crippen LogP contribution in [0.3, 0.4) is 0 Å². The molecule has 0 aliphatic heterocycles. The van der Waals surface area contributed by atoms with Crippen LogP contribution in [-0.2, 0) is 4.79 Å². The normalized spacial score (nSPS) is 12.3. The number of benzene rings is 1. The average Bonchev–Trinajstić information content (AvgIpc) is 3.27. The third kappa shape index (κ3) is 4.11. The highest BCUT2D eigenvalue weighted by Gasteiger charge is 2.17. The van der Waals surface area contributed by atoms with Crippen LogP contribution >= 0.6 is 11.3 Å². The van der Waals surface area contributed by atoms with Gasteiger partial charge in [-0.1, -0.05) is 25.2 Å². The second-order valence-electron chi connectivity index (χ2n) is 6.60. The Kier molecular flexibility index (Phi) is 5.37. The molecule has 2 amide bonds. The van der Waals surface area contributed by atoms with Crippen molar-refractivity contribution in [2.24, 2.45) is 5.92 Å². The molecule has 2 N–H and O–H groups in total. The van der Waals surface area contributed by atoms with Gasteiger partial charge in [0, 0.05) is 24.5 Å². The molecule has 136 valence electrons. The van der Waals surface area contributed by atoms with Crippen molar-refractivity contribution in [2.75, 3.05) is 6.54 Å². The second-order valence-corrected chi connectivity index (χ2v) is 7.61. The van der Waals surface area contributed by atoms with Gasteiger partial charge in [-0.25, -0.2) is 4.98 Å². The molecule has 0 fully saturated rings. The molecule has 0 saturated carbocycles. The van der Waals surface area contributed by atoms with Gasteiger partial charge in [-0.3, -0.25) is 9.59 Å². The Morgan fingerprint density at radius 3 is 2.62 bits per heavy atom. The van der Waals surface area contributed by atoms with Crippen molar-refractivity contribution < 1.29 is 9.59 Å². The van der Waals surface area contributed by atoms with Gasteiger partial charge in [0.2, 0.25) is 5.91 Å². The first kappa shape index (κ1) is 18.1. The monoisotopic (exact) mass is 370 g/mol. The Hall–Kier alpha value is -2.67. The maximum atomic E-state index is 12.5. The Balaban J connectivity index is 1.71. The Morgan fingerprint density at radius 1 is 1.19 bits per heavy atom. The fourth-order valence-electron chi connectivity index (χ4n) is 2.43. The van der Waals surface area contributed by atoms with Crippen molar-refractivity contribution in [1.29, 1.82) is 0 Å². The third-order valence-corrected chi connectivity index (χ3v) is 4.92. The van der Waals surface area contributed by atoms with Crippen LogP contribution < -0.4 is 10.6 Å². The van der Waals surface area contributed by atoms with Crippen molar-refractivity contribution in [3.05, 3.63) is 48.3 Å². The molecule has 0 saturated heterocycles. The van der Waals surface area contributed by atoms with E-state index in [1.165, 1.54) is 11.3 Å². The number of amides is 2. The van der Waals surface area contributed by atoms with Gasteiger partial charge in [0.05, 0.1) is 10.2 Å². The molecule has 6 nitrogen and oxygen atoms in total. The van der Waals surface area contributed by atoms with E-state index in [0.717, 1.165) is 15.3 Å². The van der Waals surface area contributed by atoms with Gasteiger partial charge in [0.25, 0.3) is 5.91 Å². The number of thiazole rings is 1. The van der Waals surface area contributed by atoms with Crippen LogP contribution in [0.15, 0.2) is 42.7 Å². The molecular weight excluding hydrogens is 348 g/mol. The summed E-state index contributed by atoms with van der Waals surface area (Å²) in [4.78, 5) is 29.1. The SMILES string of the molecule is CC(C)CNC(=O)[C@@H](C)NC(=O)c1ccc2nc(-n3cccc3)sc2c1. The summed E-state index contributed by atoms with van der Waals surface area (Å²) in [5.41, 5.74) is 1.36. The largest absolute Gasteiger partial charge is 0.354 e. The van der Waals surface area contributed by atoms with Gasteiger partial charge < -0.3 is 15.2 Å². The number of carbonyl (C=O) groups is 2. The first-order valence-corrected chi connectivity index (χ1v) is 9.38. The van der Waals surface area contributed by atoms with E-state index < -0.39 is 6.04 Å². The molecule has 0 radical (unpaired) electrons. The second kappa shape index (κ2) is 7.70. The van der Waals surface area contributed by atoms with Gasteiger partial charge >= 0.3 is 0 Å². The van der Waals surface area contributed by atoms with Crippen molar-refractivity contribution in [3.63, 3.8) is 0 Å². The van der Waals surface area contributed by atoms with E-state index in [-0.39, 0.29) is 11.8 Å². The highest BCUT2D eigenvalue weighted by Crippen LogP contribution is 2.26. The topological polar surface area (TPSA) is 76.0 Å². The summed E-state index contributed by atoms with van der Waals surface area (Å²) in [6, 6.07) is 8.67. The Labute approximate surface area is 156 Å². The predicted octanol–water partition coefficient (Wildman–Crippen LogP) is 2.98. The summed E-state index contributed by atoms with van der Waals surface area (Å²) in [5, 5.41) is 6.42. The number of nitrogens with one attached hydrogen (secondary N) is 2. The number of fused-ring (bicyclic) bond motifs is 1. The van der Waals surface area contributed by atoms with Crippen LogP contribution in [0.1, 0.15) is 31.1 Å². The summed E-state index contributed by atoms with van der Waals surface area (Å²) in [6.07, 6.45) is 3.87. The molecular formula is C19H22N4O2S. The first-order chi connectivity index (χ1) is 12.4. The van der Waals surface area contributed by atoms with E-state index in [2.05, 4.69) is 15.6 Å². The van der Waals surface area contributed by atoms with Crippen LogP contribution in [0.25, 0.3) is 15.3 Å². The van der Waals surface area contributed by atoms with Gasteiger partial charge in [-0.2, -0.15) is 0 Å². The smallest absolute Gasteiger partial charge is 0.251 e. The van der Waals surface area contributed by atoms with Crippen LogP contribution in [0.4, 0.5) is 0 Å². The van der Waals surface area contributed by atoms with Crippen LogP contribution in [-0.4, -0.2) is 34.0 Å². The minimum absolute atomic E-state index is 0.180. The lowest BCUT2D eigenvalue weighted by Crippen LogP contribution is -2.45. The summed E-state index contributed by atoms with van der Waals surface area (Å²) < 4.78 is 2.87. The maximum Gasteiger partial charge on any atom is 0.251 e. The van der Waals surface area contributed by atoms with Crippen LogP contribution in [0, 0.1) is 5.92 Å². The number of carbonyl (C=O) groups excluding carboxylic acids is 2. The van der Waals surface area contributed by atoms with Gasteiger partial charge in [0.15, 0.2) is 5.13 Å². The Bertz CT molecular complexity index is 915. The molecule has 26 heavy (non-hydrogen) atoms. The maximum absolute atomic E-state index is 12.5. The molecule has 1 aromatic carbocycles. The van der Waals surface area contributed by atoms with E-state index in [0.29, 0.717) is 18.0 Å². The van der Waals surface area contributed by atoms with E-state index in [1.807, 2.05) is 55.1 Å².